The van der Waals surface area contributed by atoms with Crippen molar-refractivity contribution in [3.63, 3.8) is 0 Å². The van der Waals surface area contributed by atoms with Crippen LogP contribution in [0.2, 0.25) is 0 Å². The van der Waals surface area contributed by atoms with Crippen LogP contribution in [0.4, 0.5) is 0 Å². The molecule has 0 unspecified atom stereocenters. The maximum Gasteiger partial charge on any atom is 0.148 e. The van der Waals surface area contributed by atoms with Crippen molar-refractivity contribution in [1.29, 1.82) is 5.26 Å². The van der Waals surface area contributed by atoms with Gasteiger partial charge in [0.25, 0.3) is 0 Å². The number of benzene rings is 3. The van der Waals surface area contributed by atoms with Gasteiger partial charge in [-0.25, -0.2) is 0 Å². The molecule has 0 heterocycles. The monoisotopic (exact) mass is 340 g/mol. The Morgan fingerprint density at radius 1 is 1.04 bits per heavy atom. The average molecular weight is 340 g/mol. The highest BCUT2D eigenvalue weighted by Gasteiger charge is 2.07. The zero-order chi connectivity index (χ0) is 18.2. The summed E-state index contributed by atoms with van der Waals surface area (Å²) in [6, 6.07) is 21.2. The van der Waals surface area contributed by atoms with Crippen LogP contribution in [0.1, 0.15) is 16.7 Å². The molecule has 4 nitrogen and oxygen atoms in total. The van der Waals surface area contributed by atoms with Crippen LogP contribution in [0.15, 0.2) is 65.8 Å². The molecule has 0 bridgehead atoms. The van der Waals surface area contributed by atoms with Gasteiger partial charge in [-0.15, -0.1) is 6.42 Å². The minimum atomic E-state index is 0.176. The Bertz CT molecular complexity index is 1030. The first-order valence-electron chi connectivity index (χ1n) is 8.05. The molecule has 0 N–H and O–H groups in total. The van der Waals surface area contributed by atoms with Crippen LogP contribution in [0, 0.1) is 23.7 Å². The van der Waals surface area contributed by atoms with Gasteiger partial charge in [-0.1, -0.05) is 59.6 Å². The van der Waals surface area contributed by atoms with Gasteiger partial charge in [0.15, 0.2) is 0 Å². The highest BCUT2D eigenvalue weighted by molar-refractivity contribution is 6.02. The van der Waals surface area contributed by atoms with E-state index in [0.29, 0.717) is 11.3 Å². The molecule has 0 spiro atoms. The minimum Gasteiger partial charge on any atom is -0.480 e. The normalized spacial score (nSPS) is 10.4. The number of hydrogen-bond donors (Lipinski definition) is 0. The molecule has 3 rings (SSSR count). The maximum absolute atomic E-state index is 9.11. The number of fused-ring (bicyclic) bond motifs is 1. The zero-order valence-corrected chi connectivity index (χ0v) is 14.1. The summed E-state index contributed by atoms with van der Waals surface area (Å²) in [4.78, 5) is 5.40. The Labute approximate surface area is 152 Å². The minimum absolute atomic E-state index is 0.176. The molecular formula is C22H16N2O2. The van der Waals surface area contributed by atoms with Gasteiger partial charge < -0.3 is 9.57 Å². The summed E-state index contributed by atoms with van der Waals surface area (Å²) in [6.07, 6.45) is 6.91. The molecule has 0 aliphatic rings. The van der Waals surface area contributed by atoms with Crippen LogP contribution in [0.3, 0.4) is 0 Å². The summed E-state index contributed by atoms with van der Waals surface area (Å²) in [7, 11) is 0. The van der Waals surface area contributed by atoms with E-state index in [9.17, 15) is 0 Å². The predicted molar refractivity (Wildman–Crippen MR) is 102 cm³/mol. The SMILES string of the molecule is C#CCOc1ccc2ccccc2c1/C=N\OCc1ccccc1C#N. The van der Waals surface area contributed by atoms with Gasteiger partial charge in [-0.2, -0.15) is 5.26 Å². The van der Waals surface area contributed by atoms with Crippen LogP contribution >= 0.6 is 0 Å². The third kappa shape index (κ3) is 3.83. The van der Waals surface area contributed by atoms with E-state index in [1.54, 1.807) is 12.3 Å². The van der Waals surface area contributed by atoms with Gasteiger partial charge in [0.1, 0.15) is 19.0 Å². The van der Waals surface area contributed by atoms with Gasteiger partial charge in [-0.3, -0.25) is 0 Å². The molecule has 0 fully saturated rings. The number of nitrogens with zero attached hydrogens (tertiary/aromatic N) is 2. The summed E-state index contributed by atoms with van der Waals surface area (Å²) in [5, 5.41) is 15.2. The van der Waals surface area contributed by atoms with Crippen molar-refractivity contribution in [1.82, 2.24) is 0 Å². The first-order chi connectivity index (χ1) is 12.8. The number of oxime groups is 1. The average Bonchev–Trinajstić information content (AvgIpc) is 2.70. The topological polar surface area (TPSA) is 54.6 Å². The molecule has 0 saturated heterocycles. The van der Waals surface area contributed by atoms with Gasteiger partial charge >= 0.3 is 0 Å². The van der Waals surface area contributed by atoms with Crippen LogP contribution in [-0.2, 0) is 11.4 Å². The second-order valence-corrected chi connectivity index (χ2v) is 5.47. The molecule has 0 saturated carbocycles. The smallest absolute Gasteiger partial charge is 0.148 e. The van der Waals surface area contributed by atoms with Crippen molar-refractivity contribution in [3.05, 3.63) is 77.4 Å². The van der Waals surface area contributed by atoms with E-state index >= 15 is 0 Å². The third-order valence-corrected chi connectivity index (χ3v) is 3.86. The van der Waals surface area contributed by atoms with Crippen molar-refractivity contribution >= 4 is 17.0 Å². The molecule has 126 valence electrons. The molecule has 3 aromatic rings. The Morgan fingerprint density at radius 2 is 1.85 bits per heavy atom. The van der Waals surface area contributed by atoms with E-state index < -0.39 is 0 Å². The summed E-state index contributed by atoms with van der Waals surface area (Å²) in [6.45, 7) is 0.390. The molecule has 0 amide bonds. The van der Waals surface area contributed by atoms with Crippen LogP contribution in [0.25, 0.3) is 10.8 Å². The predicted octanol–water partition coefficient (Wildman–Crippen LogP) is 4.27. The molecular weight excluding hydrogens is 324 g/mol. The number of ether oxygens (including phenoxy) is 1. The van der Waals surface area contributed by atoms with Crippen LogP contribution in [-0.4, -0.2) is 12.8 Å². The maximum atomic E-state index is 9.11. The zero-order valence-electron chi connectivity index (χ0n) is 14.1. The lowest BCUT2D eigenvalue weighted by Gasteiger charge is -2.09. The highest BCUT2D eigenvalue weighted by atomic mass is 16.6. The highest BCUT2D eigenvalue weighted by Crippen LogP contribution is 2.26. The third-order valence-electron chi connectivity index (χ3n) is 3.86. The first kappa shape index (κ1) is 17.1. The van der Waals surface area contributed by atoms with Crippen LogP contribution < -0.4 is 4.74 Å². The lowest BCUT2D eigenvalue weighted by Crippen LogP contribution is -1.99. The number of nitriles is 1. The standard InChI is InChI=1S/C22H16N2O2/c1-2-13-25-22-12-11-17-7-5-6-10-20(17)21(22)15-24-26-16-19-9-4-3-8-18(19)14-23/h1,3-12,15H,13,16H2/b24-15-. The Balaban J connectivity index is 1.83. The van der Waals surface area contributed by atoms with E-state index in [4.69, 9.17) is 21.3 Å². The Kier molecular flexibility index (Phi) is 5.50. The molecule has 0 radical (unpaired) electrons. The lowest BCUT2D eigenvalue weighted by molar-refractivity contribution is 0.132. The largest absolute Gasteiger partial charge is 0.480 e. The van der Waals surface area contributed by atoms with Crippen molar-refractivity contribution in [2.45, 2.75) is 6.61 Å². The van der Waals surface area contributed by atoms with Gasteiger partial charge in [-0.05, 0) is 22.9 Å². The number of hydrogen-bond acceptors (Lipinski definition) is 4. The van der Waals surface area contributed by atoms with Gasteiger partial charge in [0.05, 0.1) is 17.8 Å². The van der Waals surface area contributed by atoms with Gasteiger partial charge in [0.2, 0.25) is 0 Å². The Hall–Kier alpha value is -3.76. The molecule has 0 aromatic heterocycles. The molecule has 0 aliphatic carbocycles. The van der Waals surface area contributed by atoms with E-state index in [-0.39, 0.29) is 13.2 Å². The fourth-order valence-electron chi connectivity index (χ4n) is 2.61. The molecule has 4 heteroatoms. The van der Waals surface area contributed by atoms with E-state index in [1.807, 2.05) is 54.6 Å². The Morgan fingerprint density at radius 3 is 2.69 bits per heavy atom. The van der Waals surface area contributed by atoms with Crippen molar-refractivity contribution < 1.29 is 9.57 Å². The van der Waals surface area contributed by atoms with E-state index in [1.165, 1.54) is 0 Å². The second kappa shape index (κ2) is 8.37. The fraction of sp³-hybridized carbons (Fsp3) is 0.0909. The van der Waals surface area contributed by atoms with Crippen molar-refractivity contribution in [2.24, 2.45) is 5.16 Å². The lowest BCUT2D eigenvalue weighted by atomic mass is 10.0. The molecule has 26 heavy (non-hydrogen) atoms. The van der Waals surface area contributed by atoms with Crippen LogP contribution in [0.5, 0.6) is 5.75 Å². The van der Waals surface area contributed by atoms with Gasteiger partial charge in [0, 0.05) is 11.1 Å². The summed E-state index contributed by atoms with van der Waals surface area (Å²) in [5.41, 5.74) is 2.16. The molecule has 0 atom stereocenters. The molecule has 3 aromatic carbocycles. The van der Waals surface area contributed by atoms with Crippen molar-refractivity contribution in [3.8, 4) is 24.2 Å². The summed E-state index contributed by atoms with van der Waals surface area (Å²) < 4.78 is 5.62. The summed E-state index contributed by atoms with van der Waals surface area (Å²) >= 11 is 0. The van der Waals surface area contributed by atoms with E-state index in [0.717, 1.165) is 21.9 Å². The van der Waals surface area contributed by atoms with E-state index in [2.05, 4.69) is 17.1 Å². The van der Waals surface area contributed by atoms with Crippen molar-refractivity contribution in [2.75, 3.05) is 6.61 Å². The summed E-state index contributed by atoms with van der Waals surface area (Å²) in [5.74, 6) is 3.11. The fourth-order valence-corrected chi connectivity index (χ4v) is 2.61. The quantitative estimate of drug-likeness (QED) is 0.382. The number of terminal acetylenes is 1. The number of rotatable bonds is 6. The second-order valence-electron chi connectivity index (χ2n) is 5.47. The first-order valence-corrected chi connectivity index (χ1v) is 8.05. The molecule has 0 aliphatic heterocycles.